The Morgan fingerprint density at radius 2 is 0.875 bits per heavy atom. The van der Waals surface area contributed by atoms with Gasteiger partial charge in [0.05, 0.1) is 18.1 Å². The van der Waals surface area contributed by atoms with Gasteiger partial charge in [-0.1, -0.05) is 0 Å². The standard InChI is InChI=1S/C14F4N4S2/c15-7-9(17)13(23-11(7)5(1-19)2-20)14-10(18)8(16)12(24-14)6(3-21)4-22/b14-13+. The first kappa shape index (κ1) is 17.2. The average Bonchev–Trinajstić information content (AvgIpc) is 3.03. The number of hydrogen-bond acceptors (Lipinski definition) is 6. The maximum atomic E-state index is 14.0. The van der Waals surface area contributed by atoms with E-state index in [1.165, 1.54) is 24.3 Å². The Labute approximate surface area is 138 Å². The van der Waals surface area contributed by atoms with Crippen LogP contribution in [0.4, 0.5) is 17.6 Å². The van der Waals surface area contributed by atoms with Gasteiger partial charge in [0.1, 0.15) is 35.4 Å². The molecule has 4 nitrogen and oxygen atoms in total. The van der Waals surface area contributed by atoms with E-state index in [0.29, 0.717) is 0 Å². The lowest BCUT2D eigenvalue weighted by Crippen LogP contribution is -2.03. The fourth-order valence-corrected chi connectivity index (χ4v) is 3.78. The first-order valence-electron chi connectivity index (χ1n) is 5.72. The molecule has 0 atom stereocenters. The van der Waals surface area contributed by atoms with Crippen LogP contribution < -0.4 is 9.06 Å². The van der Waals surface area contributed by atoms with Gasteiger partial charge in [-0.25, -0.2) is 17.6 Å². The molecule has 0 aliphatic carbocycles. The minimum Gasteiger partial charge on any atom is -0.202 e. The molecule has 24 heavy (non-hydrogen) atoms. The molecule has 0 N–H and O–H groups in total. The van der Waals surface area contributed by atoms with Gasteiger partial charge in [-0.15, -0.1) is 22.7 Å². The maximum Gasteiger partial charge on any atom is 0.179 e. The Morgan fingerprint density at radius 3 is 1.12 bits per heavy atom. The number of hydrogen-bond donors (Lipinski definition) is 0. The second kappa shape index (κ2) is 6.52. The van der Waals surface area contributed by atoms with Gasteiger partial charge in [-0.05, 0) is 0 Å². The van der Waals surface area contributed by atoms with Crippen LogP contribution in [0.15, 0.2) is 0 Å². The highest BCUT2D eigenvalue weighted by Gasteiger charge is 2.19. The number of halogens is 4. The van der Waals surface area contributed by atoms with Crippen molar-refractivity contribution in [1.29, 1.82) is 21.0 Å². The van der Waals surface area contributed by atoms with Crippen LogP contribution in [0.5, 0.6) is 0 Å². The molecule has 2 rings (SSSR count). The van der Waals surface area contributed by atoms with Gasteiger partial charge in [0.2, 0.25) is 0 Å². The van der Waals surface area contributed by atoms with Gasteiger partial charge in [0.25, 0.3) is 0 Å². The van der Waals surface area contributed by atoms with Crippen molar-refractivity contribution in [3.63, 3.8) is 0 Å². The zero-order chi connectivity index (χ0) is 18.0. The maximum absolute atomic E-state index is 14.0. The van der Waals surface area contributed by atoms with E-state index in [2.05, 4.69) is 0 Å². The van der Waals surface area contributed by atoms with E-state index in [-0.39, 0.29) is 22.7 Å². The van der Waals surface area contributed by atoms with Gasteiger partial charge in [-0.3, -0.25) is 0 Å². The van der Waals surface area contributed by atoms with Crippen LogP contribution >= 0.6 is 22.7 Å². The van der Waals surface area contributed by atoms with E-state index in [9.17, 15) is 17.6 Å². The summed E-state index contributed by atoms with van der Waals surface area (Å²) in [5.74, 6) is -6.18. The second-order valence-corrected chi connectivity index (χ2v) is 6.02. The Balaban J connectivity index is 3.22. The summed E-state index contributed by atoms with van der Waals surface area (Å²) >= 11 is 0.512. The first-order chi connectivity index (χ1) is 11.4. The van der Waals surface area contributed by atoms with Crippen LogP contribution in [-0.2, 0) is 0 Å². The van der Waals surface area contributed by atoms with Crippen LogP contribution in [0, 0.1) is 77.7 Å². The molecule has 0 spiro atoms. The van der Waals surface area contributed by atoms with Gasteiger partial charge in [0, 0.05) is 0 Å². The summed E-state index contributed by atoms with van der Waals surface area (Å²) in [7, 11) is 0. The van der Waals surface area contributed by atoms with Crippen molar-refractivity contribution in [3.8, 4) is 24.3 Å². The van der Waals surface area contributed by atoms with Crippen molar-refractivity contribution >= 4 is 33.8 Å². The Hall–Kier alpha value is -3.18. The molecule has 116 valence electrons. The molecule has 0 bridgehead atoms. The summed E-state index contributed by atoms with van der Waals surface area (Å²) in [6.45, 7) is 0. The molecule has 2 aromatic heterocycles. The van der Waals surface area contributed by atoms with Crippen molar-refractivity contribution in [2.45, 2.75) is 0 Å². The van der Waals surface area contributed by atoms with Crippen LogP contribution in [0.25, 0.3) is 11.1 Å². The lowest BCUT2D eigenvalue weighted by molar-refractivity contribution is 0.499. The third-order valence-electron chi connectivity index (χ3n) is 2.70. The molecule has 10 heteroatoms. The number of rotatable bonds is 0. The van der Waals surface area contributed by atoms with E-state index < -0.39 is 52.5 Å². The lowest BCUT2D eigenvalue weighted by Gasteiger charge is -1.81. The third-order valence-corrected chi connectivity index (χ3v) is 5.18. The largest absolute Gasteiger partial charge is 0.202 e. The van der Waals surface area contributed by atoms with E-state index in [1.807, 2.05) is 0 Å². The van der Waals surface area contributed by atoms with E-state index in [4.69, 9.17) is 21.0 Å². The Kier molecular flexibility index (Phi) is 4.66. The molecule has 0 aliphatic heterocycles. The zero-order valence-corrected chi connectivity index (χ0v) is 12.8. The highest BCUT2D eigenvalue weighted by atomic mass is 32.1. The van der Waals surface area contributed by atoms with E-state index in [1.54, 1.807) is 0 Å². The quantitative estimate of drug-likeness (QED) is 0.669. The normalized spacial score (nSPS) is 11.0. The molecular weight excluding hydrogens is 364 g/mol. The minimum absolute atomic E-state index is 0.256. The predicted molar refractivity (Wildman–Crippen MR) is 74.7 cm³/mol. The topological polar surface area (TPSA) is 95.2 Å². The summed E-state index contributed by atoms with van der Waals surface area (Å²) in [6, 6.07) is 5.49. The Morgan fingerprint density at radius 1 is 0.583 bits per heavy atom. The molecule has 0 fully saturated rings. The fraction of sp³-hybridized carbons (Fsp3) is 0. The SMILES string of the molecule is N#CC(C#N)=c1s/c(=c2/sc(=C(C#N)C#N)c(F)c2F)c(F)c1F. The van der Waals surface area contributed by atoms with Crippen LogP contribution in [0.3, 0.4) is 0 Å². The summed E-state index contributed by atoms with van der Waals surface area (Å²) in [5.41, 5.74) is -1.44. The predicted octanol–water partition coefficient (Wildman–Crippen LogP) is 2.05. The van der Waals surface area contributed by atoms with Crippen molar-refractivity contribution < 1.29 is 17.6 Å². The molecule has 0 unspecified atom stereocenters. The smallest absolute Gasteiger partial charge is 0.179 e. The van der Waals surface area contributed by atoms with Crippen molar-refractivity contribution in [1.82, 2.24) is 0 Å². The lowest BCUT2D eigenvalue weighted by atomic mass is 10.3. The molecule has 0 radical (unpaired) electrons. The van der Waals surface area contributed by atoms with E-state index >= 15 is 0 Å². The molecule has 0 aromatic carbocycles. The number of nitrogens with zero attached hydrogens (tertiary/aromatic N) is 4. The molecular formula is C14F4N4S2. The molecule has 0 saturated carbocycles. The number of nitriles is 4. The highest BCUT2D eigenvalue weighted by Crippen LogP contribution is 2.18. The van der Waals surface area contributed by atoms with Crippen molar-refractivity contribution in [2.24, 2.45) is 0 Å². The van der Waals surface area contributed by atoms with Crippen molar-refractivity contribution in [2.75, 3.05) is 0 Å². The molecule has 0 amide bonds. The van der Waals surface area contributed by atoms with E-state index in [0.717, 1.165) is 0 Å². The second-order valence-electron chi connectivity index (χ2n) is 3.97. The highest BCUT2D eigenvalue weighted by molar-refractivity contribution is 7.11. The van der Waals surface area contributed by atoms with Crippen LogP contribution in [0.1, 0.15) is 0 Å². The Bertz CT molecular complexity index is 1110. The monoisotopic (exact) mass is 364 g/mol. The van der Waals surface area contributed by atoms with Gasteiger partial charge in [0.15, 0.2) is 23.3 Å². The molecule has 2 heterocycles. The molecule has 2 aromatic rings. The third kappa shape index (κ3) is 2.51. The van der Waals surface area contributed by atoms with Gasteiger partial charge in [-0.2, -0.15) is 21.0 Å². The average molecular weight is 364 g/mol. The summed E-state index contributed by atoms with van der Waals surface area (Å²) in [5, 5.41) is 34.9. The van der Waals surface area contributed by atoms with Gasteiger partial charge < -0.3 is 0 Å². The van der Waals surface area contributed by atoms with Crippen LogP contribution in [0.2, 0.25) is 0 Å². The summed E-state index contributed by atoms with van der Waals surface area (Å²) in [4.78, 5) is 0. The number of thiophene rings is 2. The summed E-state index contributed by atoms with van der Waals surface area (Å²) < 4.78 is 53.1. The fourth-order valence-electron chi connectivity index (χ4n) is 1.65. The first-order valence-corrected chi connectivity index (χ1v) is 7.35. The minimum atomic E-state index is -1.56. The van der Waals surface area contributed by atoms with Gasteiger partial charge >= 0.3 is 0 Å². The zero-order valence-electron chi connectivity index (χ0n) is 11.1. The summed E-state index contributed by atoms with van der Waals surface area (Å²) in [6.07, 6.45) is 0. The van der Waals surface area contributed by atoms with Crippen molar-refractivity contribution in [3.05, 3.63) is 41.4 Å². The molecule has 0 saturated heterocycles. The molecule has 0 aliphatic rings. The van der Waals surface area contributed by atoms with Crippen LogP contribution in [-0.4, -0.2) is 0 Å².